The molecule has 2 rings (SSSR count). The highest BCUT2D eigenvalue weighted by molar-refractivity contribution is 6.21. The van der Waals surface area contributed by atoms with Gasteiger partial charge in [0.05, 0.1) is 11.1 Å². The number of hydrogen-bond donors (Lipinski definition) is 0. The van der Waals surface area contributed by atoms with Crippen molar-refractivity contribution in [2.24, 2.45) is 0 Å². The molecule has 1 aliphatic rings. The van der Waals surface area contributed by atoms with Crippen LogP contribution in [-0.4, -0.2) is 52.4 Å². The summed E-state index contributed by atoms with van der Waals surface area (Å²) >= 11 is 0. The highest BCUT2D eigenvalue weighted by Gasteiger charge is 2.35. The van der Waals surface area contributed by atoms with Crippen LogP contribution in [0.2, 0.25) is 0 Å². The van der Waals surface area contributed by atoms with E-state index in [1.54, 1.807) is 45.0 Å². The van der Waals surface area contributed by atoms with E-state index in [1.165, 1.54) is 9.80 Å². The molecule has 0 fully saturated rings. The third-order valence-electron chi connectivity index (χ3n) is 3.69. The number of ether oxygens (including phenoxy) is 1. The summed E-state index contributed by atoms with van der Waals surface area (Å²) in [6, 6.07) is 6.64. The SMILES string of the molecule is CC(C)N(CCN1C(=O)c2ccccc2C1=O)C(=O)OC(C)(C)C. The van der Waals surface area contributed by atoms with Crippen molar-refractivity contribution in [3.8, 4) is 0 Å². The number of carbonyl (C=O) groups is 3. The van der Waals surface area contributed by atoms with Crippen LogP contribution >= 0.6 is 0 Å². The number of imide groups is 1. The Balaban J connectivity index is 2.07. The fourth-order valence-electron chi connectivity index (χ4n) is 2.53. The molecule has 3 amide bonds. The molecule has 1 aliphatic heterocycles. The molecule has 6 heteroatoms. The topological polar surface area (TPSA) is 66.9 Å². The predicted molar refractivity (Wildman–Crippen MR) is 89.9 cm³/mol. The van der Waals surface area contributed by atoms with E-state index in [4.69, 9.17) is 4.74 Å². The second-order valence-electron chi connectivity index (χ2n) is 7.08. The van der Waals surface area contributed by atoms with Gasteiger partial charge in [0.15, 0.2) is 0 Å². The smallest absolute Gasteiger partial charge is 0.410 e. The zero-order valence-electron chi connectivity index (χ0n) is 14.8. The Bertz CT molecular complexity index is 626. The first kappa shape index (κ1) is 18.0. The molecule has 0 saturated carbocycles. The van der Waals surface area contributed by atoms with Gasteiger partial charge in [-0.05, 0) is 46.8 Å². The van der Waals surface area contributed by atoms with Gasteiger partial charge in [0, 0.05) is 19.1 Å². The Kier molecular flexibility index (Phi) is 4.96. The monoisotopic (exact) mass is 332 g/mol. The maximum absolute atomic E-state index is 12.4. The van der Waals surface area contributed by atoms with Gasteiger partial charge in [-0.15, -0.1) is 0 Å². The van der Waals surface area contributed by atoms with Crippen LogP contribution in [0.15, 0.2) is 24.3 Å². The number of rotatable bonds is 4. The van der Waals surface area contributed by atoms with E-state index >= 15 is 0 Å². The van der Waals surface area contributed by atoms with Crippen LogP contribution in [0.25, 0.3) is 0 Å². The van der Waals surface area contributed by atoms with Crippen LogP contribution in [0, 0.1) is 0 Å². The number of hydrogen-bond acceptors (Lipinski definition) is 4. The Hall–Kier alpha value is -2.37. The standard InChI is InChI=1S/C18H24N2O4/c1-12(2)19(17(23)24-18(3,4)5)10-11-20-15(21)13-8-6-7-9-14(13)16(20)22/h6-9,12H,10-11H2,1-5H3. The van der Waals surface area contributed by atoms with Crippen molar-refractivity contribution < 1.29 is 19.1 Å². The van der Waals surface area contributed by atoms with Crippen molar-refractivity contribution in [1.82, 2.24) is 9.80 Å². The van der Waals surface area contributed by atoms with Crippen LogP contribution in [0.1, 0.15) is 55.3 Å². The maximum Gasteiger partial charge on any atom is 0.410 e. The molecule has 0 unspecified atom stereocenters. The Morgan fingerprint density at radius 1 is 1.12 bits per heavy atom. The highest BCUT2D eigenvalue weighted by atomic mass is 16.6. The van der Waals surface area contributed by atoms with E-state index in [-0.39, 0.29) is 30.9 Å². The van der Waals surface area contributed by atoms with E-state index in [0.29, 0.717) is 11.1 Å². The van der Waals surface area contributed by atoms with Gasteiger partial charge in [0.2, 0.25) is 0 Å². The molecule has 0 atom stereocenters. The fourth-order valence-corrected chi connectivity index (χ4v) is 2.53. The molecule has 130 valence electrons. The third-order valence-corrected chi connectivity index (χ3v) is 3.69. The summed E-state index contributed by atoms with van der Waals surface area (Å²) in [5.41, 5.74) is 0.228. The van der Waals surface area contributed by atoms with Crippen LogP contribution in [-0.2, 0) is 4.74 Å². The lowest BCUT2D eigenvalue weighted by Crippen LogP contribution is -2.45. The quantitative estimate of drug-likeness (QED) is 0.795. The summed E-state index contributed by atoms with van der Waals surface area (Å²) in [7, 11) is 0. The van der Waals surface area contributed by atoms with Crippen molar-refractivity contribution in [2.75, 3.05) is 13.1 Å². The summed E-state index contributed by atoms with van der Waals surface area (Å²) in [6.45, 7) is 9.51. The summed E-state index contributed by atoms with van der Waals surface area (Å²) < 4.78 is 5.39. The molecule has 0 aliphatic carbocycles. The molecule has 0 bridgehead atoms. The van der Waals surface area contributed by atoms with Crippen molar-refractivity contribution in [3.63, 3.8) is 0 Å². The first-order valence-electron chi connectivity index (χ1n) is 8.06. The summed E-state index contributed by atoms with van der Waals surface area (Å²) in [6.07, 6.45) is -0.450. The van der Waals surface area contributed by atoms with E-state index in [9.17, 15) is 14.4 Å². The summed E-state index contributed by atoms with van der Waals surface area (Å²) in [4.78, 5) is 39.7. The normalized spacial score (nSPS) is 14.2. The minimum absolute atomic E-state index is 0.102. The third kappa shape index (κ3) is 3.75. The van der Waals surface area contributed by atoms with Gasteiger partial charge in [-0.1, -0.05) is 12.1 Å². The van der Waals surface area contributed by atoms with E-state index < -0.39 is 11.7 Å². The predicted octanol–water partition coefficient (Wildman–Crippen LogP) is 2.93. The van der Waals surface area contributed by atoms with E-state index in [1.807, 2.05) is 13.8 Å². The zero-order chi connectivity index (χ0) is 18.1. The molecule has 0 N–H and O–H groups in total. The molecule has 0 saturated heterocycles. The van der Waals surface area contributed by atoms with Crippen molar-refractivity contribution in [1.29, 1.82) is 0 Å². The van der Waals surface area contributed by atoms with Gasteiger partial charge < -0.3 is 9.64 Å². The van der Waals surface area contributed by atoms with E-state index in [2.05, 4.69) is 0 Å². The number of benzene rings is 1. The van der Waals surface area contributed by atoms with Crippen LogP contribution in [0.3, 0.4) is 0 Å². The number of fused-ring (bicyclic) bond motifs is 1. The molecule has 1 heterocycles. The lowest BCUT2D eigenvalue weighted by molar-refractivity contribution is 0.0167. The number of nitrogens with zero attached hydrogens (tertiary/aromatic N) is 2. The number of carbonyl (C=O) groups excluding carboxylic acids is 3. The molecular formula is C18H24N2O4. The van der Waals surface area contributed by atoms with Gasteiger partial charge >= 0.3 is 6.09 Å². The van der Waals surface area contributed by atoms with Gasteiger partial charge in [-0.25, -0.2) is 4.79 Å². The lowest BCUT2D eigenvalue weighted by Gasteiger charge is -2.31. The Morgan fingerprint density at radius 2 is 1.62 bits per heavy atom. The molecule has 24 heavy (non-hydrogen) atoms. The minimum Gasteiger partial charge on any atom is -0.444 e. The lowest BCUT2D eigenvalue weighted by atomic mass is 10.1. The molecule has 0 spiro atoms. The molecule has 1 aromatic rings. The molecule has 0 radical (unpaired) electrons. The van der Waals surface area contributed by atoms with Crippen molar-refractivity contribution in [2.45, 2.75) is 46.3 Å². The van der Waals surface area contributed by atoms with Crippen LogP contribution < -0.4 is 0 Å². The Morgan fingerprint density at radius 3 is 2.04 bits per heavy atom. The maximum atomic E-state index is 12.4. The minimum atomic E-state index is -0.597. The Labute approximate surface area is 142 Å². The van der Waals surface area contributed by atoms with Gasteiger partial charge in [0.1, 0.15) is 5.60 Å². The van der Waals surface area contributed by atoms with Crippen LogP contribution in [0.4, 0.5) is 4.79 Å². The van der Waals surface area contributed by atoms with Gasteiger partial charge in [-0.2, -0.15) is 0 Å². The van der Waals surface area contributed by atoms with Gasteiger partial charge in [-0.3, -0.25) is 14.5 Å². The average molecular weight is 332 g/mol. The van der Waals surface area contributed by atoms with Crippen LogP contribution in [0.5, 0.6) is 0 Å². The fraction of sp³-hybridized carbons (Fsp3) is 0.500. The second-order valence-corrected chi connectivity index (χ2v) is 7.08. The number of amides is 3. The zero-order valence-corrected chi connectivity index (χ0v) is 14.8. The molecule has 1 aromatic carbocycles. The summed E-state index contributed by atoms with van der Waals surface area (Å²) in [5, 5.41) is 0. The van der Waals surface area contributed by atoms with E-state index in [0.717, 1.165) is 0 Å². The summed E-state index contributed by atoms with van der Waals surface area (Å²) in [5.74, 6) is -0.632. The second kappa shape index (κ2) is 6.63. The molecular weight excluding hydrogens is 308 g/mol. The van der Waals surface area contributed by atoms with Gasteiger partial charge in [0.25, 0.3) is 11.8 Å². The first-order valence-corrected chi connectivity index (χ1v) is 8.06. The molecule has 0 aromatic heterocycles. The largest absolute Gasteiger partial charge is 0.444 e. The van der Waals surface area contributed by atoms with Crippen molar-refractivity contribution >= 4 is 17.9 Å². The molecule has 6 nitrogen and oxygen atoms in total. The van der Waals surface area contributed by atoms with Crippen molar-refractivity contribution in [3.05, 3.63) is 35.4 Å². The highest BCUT2D eigenvalue weighted by Crippen LogP contribution is 2.22. The first-order chi connectivity index (χ1) is 11.1. The average Bonchev–Trinajstić information content (AvgIpc) is 2.70.